The van der Waals surface area contributed by atoms with Crippen molar-refractivity contribution in [2.75, 3.05) is 44.2 Å². The highest BCUT2D eigenvalue weighted by Crippen LogP contribution is 2.33. The zero-order valence-electron chi connectivity index (χ0n) is 19.5. The van der Waals surface area contributed by atoms with Gasteiger partial charge in [0.1, 0.15) is 5.82 Å². The lowest BCUT2D eigenvalue weighted by atomic mass is 9.84. The van der Waals surface area contributed by atoms with Crippen molar-refractivity contribution in [3.8, 4) is 11.3 Å². The number of aromatic nitrogens is 2. The van der Waals surface area contributed by atoms with Crippen molar-refractivity contribution in [2.45, 2.75) is 38.5 Å². The van der Waals surface area contributed by atoms with Crippen LogP contribution >= 0.6 is 0 Å². The van der Waals surface area contributed by atoms with Gasteiger partial charge in [0.2, 0.25) is 11.8 Å². The quantitative estimate of drug-likeness (QED) is 0.627. The number of rotatable bonds is 7. The molecule has 2 aromatic rings. The van der Waals surface area contributed by atoms with Gasteiger partial charge in [-0.3, -0.25) is 9.59 Å². The molecule has 3 fully saturated rings. The molecule has 0 atom stereocenters. The molecule has 2 amide bonds. The summed E-state index contributed by atoms with van der Waals surface area (Å²) in [5.74, 6) is 1.43. The van der Waals surface area contributed by atoms with Gasteiger partial charge >= 0.3 is 0 Å². The van der Waals surface area contributed by atoms with E-state index in [0.29, 0.717) is 31.2 Å². The molecule has 0 spiro atoms. The predicted octanol–water partition coefficient (Wildman–Crippen LogP) is 3.36. The van der Waals surface area contributed by atoms with Crippen LogP contribution in [-0.2, 0) is 9.59 Å². The maximum absolute atomic E-state index is 13.2. The van der Waals surface area contributed by atoms with Gasteiger partial charge in [0.25, 0.3) is 0 Å². The van der Waals surface area contributed by atoms with Crippen LogP contribution in [0.2, 0.25) is 0 Å². The second kappa shape index (κ2) is 10.1. The van der Waals surface area contributed by atoms with Crippen LogP contribution in [-0.4, -0.2) is 71.1 Å². The van der Waals surface area contributed by atoms with Crippen LogP contribution in [0.25, 0.3) is 11.3 Å². The van der Waals surface area contributed by atoms with E-state index in [1.807, 2.05) is 21.9 Å². The number of hydrogen-bond acceptors (Lipinski definition) is 5. The number of carbonyl (C=O) groups excluding carboxylic acids is 2. The van der Waals surface area contributed by atoms with Gasteiger partial charge in [-0.2, -0.15) is 0 Å². The standard InChI is InChI=1S/C26H32FN5O2/c27-22-9-7-20(8-10-22)23-11-12-24(29-28-23)30-13-2-14-31(16-15-30)25(33)18-32(17-19-5-6-19)26(34)21-3-1-4-21/h7-12,19,21H,1-6,13-18H2. The van der Waals surface area contributed by atoms with E-state index in [-0.39, 0.29) is 30.1 Å². The van der Waals surface area contributed by atoms with E-state index in [2.05, 4.69) is 15.1 Å². The Hall–Kier alpha value is -3.03. The minimum atomic E-state index is -0.278. The Balaban J connectivity index is 1.18. The smallest absolute Gasteiger partial charge is 0.242 e. The summed E-state index contributed by atoms with van der Waals surface area (Å²) in [4.78, 5) is 31.9. The fourth-order valence-electron chi connectivity index (χ4n) is 4.69. The fourth-order valence-corrected chi connectivity index (χ4v) is 4.69. The number of anilines is 1. The summed E-state index contributed by atoms with van der Waals surface area (Å²) >= 11 is 0. The van der Waals surface area contributed by atoms with Crippen molar-refractivity contribution in [1.29, 1.82) is 0 Å². The molecule has 8 heteroatoms. The molecule has 2 saturated carbocycles. The van der Waals surface area contributed by atoms with Crippen LogP contribution < -0.4 is 4.90 Å². The predicted molar refractivity (Wildman–Crippen MR) is 127 cm³/mol. The second-order valence-corrected chi connectivity index (χ2v) is 9.80. The Kier molecular flexibility index (Phi) is 6.74. The molecule has 180 valence electrons. The average Bonchev–Trinajstić information content (AvgIpc) is 3.65. The Morgan fingerprint density at radius 1 is 0.912 bits per heavy atom. The number of amides is 2. The minimum Gasteiger partial charge on any atom is -0.353 e. The van der Waals surface area contributed by atoms with Crippen LogP contribution in [0.5, 0.6) is 0 Å². The Morgan fingerprint density at radius 3 is 2.35 bits per heavy atom. The van der Waals surface area contributed by atoms with E-state index in [1.54, 1.807) is 12.1 Å². The van der Waals surface area contributed by atoms with Crippen molar-refractivity contribution in [2.24, 2.45) is 11.8 Å². The average molecular weight is 466 g/mol. The van der Waals surface area contributed by atoms with Gasteiger partial charge in [0.05, 0.1) is 12.2 Å². The zero-order valence-corrected chi connectivity index (χ0v) is 19.5. The van der Waals surface area contributed by atoms with Gasteiger partial charge in [-0.25, -0.2) is 4.39 Å². The highest BCUT2D eigenvalue weighted by molar-refractivity contribution is 5.86. The molecule has 0 unspecified atom stereocenters. The maximum Gasteiger partial charge on any atom is 0.242 e. The Labute approximate surface area is 199 Å². The van der Waals surface area contributed by atoms with Crippen LogP contribution in [0.4, 0.5) is 10.2 Å². The summed E-state index contributed by atoms with van der Waals surface area (Å²) in [6, 6.07) is 10.0. The van der Waals surface area contributed by atoms with Crippen LogP contribution in [0.15, 0.2) is 36.4 Å². The van der Waals surface area contributed by atoms with Crippen LogP contribution in [0.3, 0.4) is 0 Å². The lowest BCUT2D eigenvalue weighted by Crippen LogP contribution is -2.47. The van der Waals surface area contributed by atoms with Gasteiger partial charge in [0.15, 0.2) is 5.82 Å². The summed E-state index contributed by atoms with van der Waals surface area (Å²) in [5, 5.41) is 8.71. The molecule has 0 radical (unpaired) electrons. The van der Waals surface area contributed by atoms with E-state index < -0.39 is 0 Å². The molecule has 1 aromatic heterocycles. The molecule has 1 aliphatic heterocycles. The third-order valence-electron chi connectivity index (χ3n) is 7.23. The second-order valence-electron chi connectivity index (χ2n) is 9.80. The van der Waals surface area contributed by atoms with Crippen LogP contribution in [0, 0.1) is 17.7 Å². The Morgan fingerprint density at radius 2 is 1.71 bits per heavy atom. The summed E-state index contributed by atoms with van der Waals surface area (Å²) in [6.45, 7) is 3.70. The van der Waals surface area contributed by atoms with E-state index in [9.17, 15) is 14.0 Å². The number of nitrogens with zero attached hydrogens (tertiary/aromatic N) is 5. The molecule has 2 heterocycles. The van der Waals surface area contributed by atoms with Crippen molar-refractivity contribution in [3.05, 3.63) is 42.2 Å². The SMILES string of the molecule is O=C(CN(CC1CC1)C(=O)C1CCC1)N1CCCN(c2ccc(-c3ccc(F)cc3)nn2)CC1. The first-order valence-electron chi connectivity index (χ1n) is 12.5. The summed E-state index contributed by atoms with van der Waals surface area (Å²) < 4.78 is 13.2. The summed E-state index contributed by atoms with van der Waals surface area (Å²) in [7, 11) is 0. The van der Waals surface area contributed by atoms with E-state index in [4.69, 9.17) is 0 Å². The number of carbonyl (C=O) groups is 2. The summed E-state index contributed by atoms with van der Waals surface area (Å²) in [6.07, 6.45) is 6.23. The topological polar surface area (TPSA) is 69.6 Å². The van der Waals surface area contributed by atoms with Crippen molar-refractivity contribution < 1.29 is 14.0 Å². The molecule has 1 aromatic carbocycles. The number of halogens is 1. The lowest BCUT2D eigenvalue weighted by Gasteiger charge is -2.33. The van der Waals surface area contributed by atoms with Gasteiger partial charge in [0, 0.05) is 44.2 Å². The van der Waals surface area contributed by atoms with E-state index in [0.717, 1.165) is 50.2 Å². The van der Waals surface area contributed by atoms with Gasteiger partial charge in [-0.1, -0.05) is 6.42 Å². The number of benzene rings is 1. The molecule has 3 aliphatic rings. The third-order valence-corrected chi connectivity index (χ3v) is 7.23. The maximum atomic E-state index is 13.2. The molecular weight excluding hydrogens is 433 g/mol. The highest BCUT2D eigenvalue weighted by atomic mass is 19.1. The highest BCUT2D eigenvalue weighted by Gasteiger charge is 2.34. The summed E-state index contributed by atoms with van der Waals surface area (Å²) in [5.41, 5.74) is 1.52. The molecule has 0 N–H and O–H groups in total. The van der Waals surface area contributed by atoms with Crippen molar-refractivity contribution >= 4 is 17.6 Å². The lowest BCUT2D eigenvalue weighted by molar-refractivity contribution is -0.144. The van der Waals surface area contributed by atoms with Gasteiger partial charge < -0.3 is 14.7 Å². The van der Waals surface area contributed by atoms with Crippen LogP contribution in [0.1, 0.15) is 38.5 Å². The first-order chi connectivity index (χ1) is 16.6. The molecule has 5 rings (SSSR count). The zero-order chi connectivity index (χ0) is 23.5. The molecule has 0 bridgehead atoms. The van der Waals surface area contributed by atoms with Crippen molar-refractivity contribution in [3.63, 3.8) is 0 Å². The largest absolute Gasteiger partial charge is 0.353 e. The molecule has 7 nitrogen and oxygen atoms in total. The normalized spacial score (nSPS) is 18.9. The molecule has 1 saturated heterocycles. The molecule has 2 aliphatic carbocycles. The minimum absolute atomic E-state index is 0.0490. The molecular formula is C26H32FN5O2. The first-order valence-corrected chi connectivity index (χ1v) is 12.5. The Bertz CT molecular complexity index is 1000. The molecule has 34 heavy (non-hydrogen) atoms. The van der Waals surface area contributed by atoms with Gasteiger partial charge in [-0.05, 0) is 74.4 Å². The van der Waals surface area contributed by atoms with E-state index in [1.165, 1.54) is 25.0 Å². The van der Waals surface area contributed by atoms with Gasteiger partial charge in [-0.15, -0.1) is 10.2 Å². The third kappa shape index (κ3) is 5.37. The first kappa shape index (κ1) is 22.7. The fraction of sp³-hybridized carbons (Fsp3) is 0.538. The van der Waals surface area contributed by atoms with Crippen molar-refractivity contribution in [1.82, 2.24) is 20.0 Å². The number of hydrogen-bond donors (Lipinski definition) is 0. The van der Waals surface area contributed by atoms with E-state index >= 15 is 0 Å². The monoisotopic (exact) mass is 465 g/mol.